The van der Waals surface area contributed by atoms with Gasteiger partial charge in [0.15, 0.2) is 0 Å². The summed E-state index contributed by atoms with van der Waals surface area (Å²) in [5.74, 6) is -0.274. The van der Waals surface area contributed by atoms with E-state index in [1.54, 1.807) is 19.1 Å². The number of hydrogen-bond acceptors (Lipinski definition) is 3. The number of carbonyl (C=O) groups is 1. The molecule has 1 aromatic carbocycles. The third-order valence-electron chi connectivity index (χ3n) is 4.36. The van der Waals surface area contributed by atoms with Crippen LogP contribution in [0, 0.1) is 11.7 Å². The van der Waals surface area contributed by atoms with Crippen molar-refractivity contribution in [3.63, 3.8) is 0 Å². The number of nitrogens with one attached hydrogen (secondary N) is 1. The van der Waals surface area contributed by atoms with Crippen LogP contribution in [0.3, 0.4) is 0 Å². The van der Waals surface area contributed by atoms with E-state index in [4.69, 9.17) is 0 Å². The lowest BCUT2D eigenvalue weighted by molar-refractivity contribution is -0.123. The van der Waals surface area contributed by atoms with E-state index in [1.807, 2.05) is 4.90 Å². The van der Waals surface area contributed by atoms with Crippen LogP contribution in [0.4, 0.5) is 10.1 Å². The highest BCUT2D eigenvalue weighted by molar-refractivity contribution is 5.83. The van der Waals surface area contributed by atoms with Gasteiger partial charge in [0, 0.05) is 13.1 Å². The first-order chi connectivity index (χ1) is 9.58. The lowest BCUT2D eigenvalue weighted by atomic mass is 9.91. The zero-order chi connectivity index (χ0) is 14.3. The third kappa shape index (κ3) is 2.16. The minimum Gasteiger partial charge on any atom is -0.389 e. The van der Waals surface area contributed by atoms with Gasteiger partial charge in [-0.25, -0.2) is 4.39 Å². The van der Waals surface area contributed by atoms with Crippen LogP contribution in [0.1, 0.15) is 31.4 Å². The number of piperidine rings is 1. The van der Waals surface area contributed by atoms with Gasteiger partial charge in [-0.2, -0.15) is 0 Å². The first-order valence-corrected chi connectivity index (χ1v) is 7.10. The lowest BCUT2D eigenvalue weighted by Gasteiger charge is -2.38. The maximum Gasteiger partial charge on any atom is 0.225 e. The Morgan fingerprint density at radius 3 is 3.00 bits per heavy atom. The summed E-state index contributed by atoms with van der Waals surface area (Å²) in [6, 6.07) is 4.89. The van der Waals surface area contributed by atoms with Crippen molar-refractivity contribution in [3.05, 3.63) is 29.6 Å². The van der Waals surface area contributed by atoms with Crippen molar-refractivity contribution in [1.29, 1.82) is 0 Å². The van der Waals surface area contributed by atoms with Gasteiger partial charge < -0.3 is 15.3 Å². The number of fused-ring (bicyclic) bond motifs is 1. The van der Waals surface area contributed by atoms with Gasteiger partial charge in [0.05, 0.1) is 23.8 Å². The normalized spacial score (nSPS) is 27.1. The summed E-state index contributed by atoms with van der Waals surface area (Å²) < 4.78 is 14.3. The second kappa shape index (κ2) is 5.05. The Labute approximate surface area is 117 Å². The third-order valence-corrected chi connectivity index (χ3v) is 4.36. The largest absolute Gasteiger partial charge is 0.389 e. The Morgan fingerprint density at radius 1 is 1.50 bits per heavy atom. The Kier molecular flexibility index (Phi) is 3.38. The van der Waals surface area contributed by atoms with E-state index in [1.165, 1.54) is 6.07 Å². The SMILES string of the molecule is C[C@H](O)c1ccc(N2CCCC3C(=O)NCC32)c(F)c1. The quantitative estimate of drug-likeness (QED) is 0.864. The van der Waals surface area contributed by atoms with Crippen LogP contribution in [0.25, 0.3) is 0 Å². The Bertz CT molecular complexity index is 533. The van der Waals surface area contributed by atoms with E-state index >= 15 is 0 Å². The van der Waals surface area contributed by atoms with E-state index in [9.17, 15) is 14.3 Å². The van der Waals surface area contributed by atoms with Crippen molar-refractivity contribution >= 4 is 11.6 Å². The molecule has 1 aromatic rings. The summed E-state index contributed by atoms with van der Waals surface area (Å²) in [5.41, 5.74) is 1.10. The van der Waals surface area contributed by atoms with Crippen LogP contribution in [0.2, 0.25) is 0 Å². The number of halogens is 1. The molecule has 2 heterocycles. The van der Waals surface area contributed by atoms with E-state index < -0.39 is 6.10 Å². The number of carbonyl (C=O) groups excluding carboxylic acids is 1. The molecule has 0 aliphatic carbocycles. The van der Waals surface area contributed by atoms with Gasteiger partial charge in [-0.3, -0.25) is 4.79 Å². The van der Waals surface area contributed by atoms with Crippen LogP contribution in [0.15, 0.2) is 18.2 Å². The molecule has 2 N–H and O–H groups in total. The topological polar surface area (TPSA) is 52.6 Å². The van der Waals surface area contributed by atoms with Crippen molar-refractivity contribution in [3.8, 4) is 0 Å². The molecule has 2 fully saturated rings. The molecule has 0 aromatic heterocycles. The maximum atomic E-state index is 14.3. The second-order valence-electron chi connectivity index (χ2n) is 5.64. The van der Waals surface area contributed by atoms with Crippen LogP contribution in [-0.4, -0.2) is 30.1 Å². The smallest absolute Gasteiger partial charge is 0.225 e. The van der Waals surface area contributed by atoms with E-state index in [-0.39, 0.29) is 23.7 Å². The first-order valence-electron chi connectivity index (χ1n) is 7.10. The zero-order valence-corrected chi connectivity index (χ0v) is 11.5. The molecular formula is C15H19FN2O2. The highest BCUT2D eigenvalue weighted by atomic mass is 19.1. The maximum absolute atomic E-state index is 14.3. The minimum absolute atomic E-state index is 0.0282. The number of rotatable bonds is 2. The van der Waals surface area contributed by atoms with Gasteiger partial charge in [-0.15, -0.1) is 0 Å². The van der Waals surface area contributed by atoms with Gasteiger partial charge in [0.25, 0.3) is 0 Å². The molecule has 2 unspecified atom stereocenters. The van der Waals surface area contributed by atoms with Crippen LogP contribution >= 0.6 is 0 Å². The summed E-state index contributed by atoms with van der Waals surface area (Å²) in [4.78, 5) is 13.7. The fraction of sp³-hybridized carbons (Fsp3) is 0.533. The van der Waals surface area contributed by atoms with Crippen LogP contribution in [-0.2, 0) is 4.79 Å². The molecule has 0 bridgehead atoms. The molecule has 2 aliphatic rings. The molecule has 3 atom stereocenters. The number of amides is 1. The molecule has 1 amide bonds. The Morgan fingerprint density at radius 2 is 2.30 bits per heavy atom. The van der Waals surface area contributed by atoms with Gasteiger partial charge in [0.2, 0.25) is 5.91 Å². The first kappa shape index (κ1) is 13.4. The molecule has 20 heavy (non-hydrogen) atoms. The number of aliphatic hydroxyl groups excluding tert-OH is 1. The summed E-state index contributed by atoms with van der Waals surface area (Å²) in [5, 5.41) is 12.4. The number of benzene rings is 1. The molecule has 3 rings (SSSR count). The fourth-order valence-electron chi connectivity index (χ4n) is 3.27. The second-order valence-corrected chi connectivity index (χ2v) is 5.64. The van der Waals surface area contributed by atoms with Gasteiger partial charge >= 0.3 is 0 Å². The summed E-state index contributed by atoms with van der Waals surface area (Å²) in [6.07, 6.45) is 1.09. The van der Waals surface area contributed by atoms with E-state index in [0.29, 0.717) is 17.8 Å². The number of nitrogens with zero attached hydrogens (tertiary/aromatic N) is 1. The molecule has 108 valence electrons. The average molecular weight is 278 g/mol. The van der Waals surface area contributed by atoms with E-state index in [2.05, 4.69) is 5.32 Å². The summed E-state index contributed by atoms with van der Waals surface area (Å²) >= 11 is 0. The summed E-state index contributed by atoms with van der Waals surface area (Å²) in [7, 11) is 0. The number of hydrogen-bond donors (Lipinski definition) is 2. The Balaban J connectivity index is 1.90. The predicted octanol–water partition coefficient (Wildman–Crippen LogP) is 1.59. The van der Waals surface area contributed by atoms with Crippen molar-refractivity contribution in [2.45, 2.75) is 31.9 Å². The minimum atomic E-state index is -0.678. The lowest BCUT2D eigenvalue weighted by Crippen LogP contribution is -2.46. The van der Waals surface area contributed by atoms with Crippen molar-refractivity contribution < 1.29 is 14.3 Å². The van der Waals surface area contributed by atoms with Gasteiger partial charge in [-0.1, -0.05) is 6.07 Å². The van der Waals surface area contributed by atoms with Crippen molar-refractivity contribution in [1.82, 2.24) is 5.32 Å². The molecule has 5 heteroatoms. The zero-order valence-electron chi connectivity index (χ0n) is 11.5. The highest BCUT2D eigenvalue weighted by Gasteiger charge is 2.41. The van der Waals surface area contributed by atoms with Crippen molar-refractivity contribution in [2.24, 2.45) is 5.92 Å². The molecule has 2 saturated heterocycles. The summed E-state index contributed by atoms with van der Waals surface area (Å²) in [6.45, 7) is 2.97. The van der Waals surface area contributed by atoms with Crippen LogP contribution in [0.5, 0.6) is 0 Å². The van der Waals surface area contributed by atoms with Crippen LogP contribution < -0.4 is 10.2 Å². The number of aliphatic hydroxyl groups is 1. The highest BCUT2D eigenvalue weighted by Crippen LogP contribution is 2.33. The molecule has 4 nitrogen and oxygen atoms in total. The number of anilines is 1. The Hall–Kier alpha value is -1.62. The average Bonchev–Trinajstić information content (AvgIpc) is 2.81. The van der Waals surface area contributed by atoms with Gasteiger partial charge in [0.1, 0.15) is 5.82 Å². The molecular weight excluding hydrogens is 259 g/mol. The molecule has 0 radical (unpaired) electrons. The van der Waals surface area contributed by atoms with Crippen molar-refractivity contribution in [2.75, 3.05) is 18.0 Å². The fourth-order valence-corrected chi connectivity index (χ4v) is 3.27. The molecule has 0 saturated carbocycles. The monoisotopic (exact) mass is 278 g/mol. The predicted molar refractivity (Wildman–Crippen MR) is 73.9 cm³/mol. The molecule has 2 aliphatic heterocycles. The van der Waals surface area contributed by atoms with Gasteiger partial charge in [-0.05, 0) is 37.5 Å². The molecule has 0 spiro atoms. The standard InChI is InChI=1S/C15H19FN2O2/c1-9(19)10-4-5-13(12(16)7-10)18-6-2-3-11-14(18)8-17-15(11)20/h4-5,7,9,11,14,19H,2-3,6,8H2,1H3,(H,17,20)/t9-,11?,14?/m0/s1. The van der Waals surface area contributed by atoms with E-state index in [0.717, 1.165) is 19.4 Å².